The zero-order chi connectivity index (χ0) is 14.9. The third-order valence-electron chi connectivity index (χ3n) is 3.48. The van der Waals surface area contributed by atoms with Gasteiger partial charge in [0.05, 0.1) is 0 Å². The van der Waals surface area contributed by atoms with Gasteiger partial charge in [-0.2, -0.15) is 0 Å². The first kappa shape index (κ1) is 13.0. The maximum atomic E-state index is 6.19. The van der Waals surface area contributed by atoms with Crippen LogP contribution in [0.5, 0.6) is 0 Å². The van der Waals surface area contributed by atoms with E-state index in [1.165, 1.54) is 4.63 Å². The van der Waals surface area contributed by atoms with Crippen molar-refractivity contribution in [3.8, 4) is 0 Å². The predicted molar refractivity (Wildman–Crippen MR) is 84.9 cm³/mol. The summed E-state index contributed by atoms with van der Waals surface area (Å²) in [6, 6.07) is 15.6. The number of anilines is 1. The van der Waals surface area contributed by atoms with E-state index >= 15 is 0 Å². The van der Waals surface area contributed by atoms with Gasteiger partial charge in [-0.15, -0.1) is 14.8 Å². The van der Waals surface area contributed by atoms with Gasteiger partial charge >= 0.3 is 0 Å². The average Bonchev–Trinajstić information content (AvgIpc) is 3.02. The lowest BCUT2D eigenvalue weighted by atomic mass is 10.1. The fraction of sp³-hybridized carbons (Fsp3) is 0.0667. The molecule has 2 aromatic carbocycles. The fourth-order valence-electron chi connectivity index (χ4n) is 2.40. The summed E-state index contributed by atoms with van der Waals surface area (Å²) in [5.41, 5.74) is 1.64. The van der Waals surface area contributed by atoms with Gasteiger partial charge in [-0.1, -0.05) is 54.1 Å². The summed E-state index contributed by atoms with van der Waals surface area (Å²) in [5, 5.41) is 22.0. The van der Waals surface area contributed by atoms with E-state index in [-0.39, 0.29) is 0 Å². The highest BCUT2D eigenvalue weighted by Gasteiger charge is 2.10. The summed E-state index contributed by atoms with van der Waals surface area (Å²) < 4.78 is 1.43. The predicted octanol–water partition coefficient (Wildman–Crippen LogP) is 2.94. The lowest BCUT2D eigenvalue weighted by molar-refractivity contribution is 0.737. The molecule has 0 spiro atoms. The van der Waals surface area contributed by atoms with E-state index in [9.17, 15) is 0 Å². The topological polar surface area (TPSA) is 68.0 Å². The summed E-state index contributed by atoms with van der Waals surface area (Å²) in [4.78, 5) is 0. The molecule has 0 saturated carbocycles. The van der Waals surface area contributed by atoms with Gasteiger partial charge in [0.15, 0.2) is 5.82 Å². The zero-order valence-corrected chi connectivity index (χ0v) is 12.2. The fourth-order valence-corrected chi connectivity index (χ4v) is 2.60. The van der Waals surface area contributed by atoms with Crippen LogP contribution in [0, 0.1) is 0 Å². The minimum absolute atomic E-state index is 0.574. The zero-order valence-electron chi connectivity index (χ0n) is 11.4. The van der Waals surface area contributed by atoms with Crippen LogP contribution in [0.25, 0.3) is 16.4 Å². The number of halogens is 1. The van der Waals surface area contributed by atoms with E-state index in [1.807, 2.05) is 48.5 Å². The first-order chi connectivity index (χ1) is 10.8. The molecule has 0 amide bonds. The molecule has 108 valence electrons. The Hall–Kier alpha value is -2.73. The molecule has 0 bridgehead atoms. The Morgan fingerprint density at radius 2 is 1.77 bits per heavy atom. The molecule has 2 heterocycles. The van der Waals surface area contributed by atoms with Gasteiger partial charge in [0.25, 0.3) is 0 Å². The van der Waals surface area contributed by atoms with Gasteiger partial charge in [0.1, 0.15) is 0 Å². The largest absolute Gasteiger partial charge is 0.364 e. The van der Waals surface area contributed by atoms with Crippen molar-refractivity contribution in [1.29, 1.82) is 0 Å². The van der Waals surface area contributed by atoms with E-state index in [0.29, 0.717) is 12.2 Å². The average molecular weight is 311 g/mol. The molecule has 0 aliphatic rings. The number of tetrazole rings is 1. The van der Waals surface area contributed by atoms with Crippen LogP contribution in [-0.2, 0) is 6.54 Å². The van der Waals surface area contributed by atoms with E-state index in [1.54, 1.807) is 0 Å². The highest BCUT2D eigenvalue weighted by atomic mass is 35.5. The van der Waals surface area contributed by atoms with Crippen LogP contribution in [0.1, 0.15) is 5.56 Å². The van der Waals surface area contributed by atoms with Gasteiger partial charge in [0.2, 0.25) is 5.65 Å². The van der Waals surface area contributed by atoms with Crippen LogP contribution in [0.4, 0.5) is 5.82 Å². The Balaban J connectivity index is 1.78. The normalized spacial score (nSPS) is 11.1. The summed E-state index contributed by atoms with van der Waals surface area (Å²) in [5.74, 6) is 0.718. The van der Waals surface area contributed by atoms with Crippen molar-refractivity contribution in [3.63, 3.8) is 0 Å². The SMILES string of the molecule is Clc1ccccc1CNc1nn2nnnc2c2ccccc12. The summed E-state index contributed by atoms with van der Waals surface area (Å²) >= 11 is 6.19. The lowest BCUT2D eigenvalue weighted by Crippen LogP contribution is -2.06. The van der Waals surface area contributed by atoms with Crippen molar-refractivity contribution in [2.75, 3.05) is 5.32 Å². The highest BCUT2D eigenvalue weighted by molar-refractivity contribution is 6.31. The van der Waals surface area contributed by atoms with Crippen molar-refractivity contribution >= 4 is 33.8 Å². The molecular formula is C15H11ClN6. The third kappa shape index (κ3) is 2.14. The van der Waals surface area contributed by atoms with Crippen LogP contribution < -0.4 is 5.32 Å². The molecule has 6 nitrogen and oxygen atoms in total. The number of benzene rings is 2. The number of rotatable bonds is 3. The number of hydrogen-bond donors (Lipinski definition) is 1. The highest BCUT2D eigenvalue weighted by Crippen LogP contribution is 2.24. The van der Waals surface area contributed by atoms with Crippen molar-refractivity contribution in [2.24, 2.45) is 0 Å². The molecule has 2 aromatic heterocycles. The van der Waals surface area contributed by atoms with Crippen LogP contribution in [0.3, 0.4) is 0 Å². The van der Waals surface area contributed by atoms with Gasteiger partial charge < -0.3 is 5.32 Å². The smallest absolute Gasteiger partial charge is 0.207 e. The van der Waals surface area contributed by atoms with Crippen LogP contribution >= 0.6 is 11.6 Å². The molecule has 22 heavy (non-hydrogen) atoms. The second-order valence-electron chi connectivity index (χ2n) is 4.83. The monoisotopic (exact) mass is 310 g/mol. The Morgan fingerprint density at radius 3 is 2.64 bits per heavy atom. The quantitative estimate of drug-likeness (QED) is 0.630. The van der Waals surface area contributed by atoms with Crippen molar-refractivity contribution in [3.05, 3.63) is 59.1 Å². The van der Waals surface area contributed by atoms with E-state index < -0.39 is 0 Å². The van der Waals surface area contributed by atoms with Crippen LogP contribution in [-0.4, -0.2) is 25.3 Å². The van der Waals surface area contributed by atoms with Gasteiger partial charge in [-0.3, -0.25) is 0 Å². The Labute approximate surface area is 130 Å². The minimum atomic E-state index is 0.574. The van der Waals surface area contributed by atoms with Gasteiger partial charge in [-0.25, -0.2) is 0 Å². The molecule has 4 rings (SSSR count). The molecule has 7 heteroatoms. The minimum Gasteiger partial charge on any atom is -0.364 e. The molecular weight excluding hydrogens is 300 g/mol. The third-order valence-corrected chi connectivity index (χ3v) is 3.84. The number of hydrogen-bond acceptors (Lipinski definition) is 5. The van der Waals surface area contributed by atoms with Crippen molar-refractivity contribution < 1.29 is 0 Å². The standard InChI is InChI=1S/C15H11ClN6/c16-13-8-4-1-5-10(13)9-17-14-11-6-2-3-7-12(11)15-18-20-21-22(15)19-14/h1-8H,9H2,(H,17,19). The first-order valence-corrected chi connectivity index (χ1v) is 7.15. The molecule has 0 unspecified atom stereocenters. The summed E-state index contributed by atoms with van der Waals surface area (Å²) in [6.45, 7) is 0.574. The molecule has 1 N–H and O–H groups in total. The van der Waals surface area contributed by atoms with Crippen LogP contribution in [0.15, 0.2) is 48.5 Å². The molecule has 4 aromatic rings. The Morgan fingerprint density at radius 1 is 1.00 bits per heavy atom. The maximum absolute atomic E-state index is 6.19. The molecule has 0 radical (unpaired) electrons. The molecule has 0 aliphatic heterocycles. The van der Waals surface area contributed by atoms with E-state index in [0.717, 1.165) is 27.2 Å². The molecule has 0 saturated heterocycles. The second kappa shape index (κ2) is 5.23. The Kier molecular flexibility index (Phi) is 3.08. The molecule has 0 aliphatic carbocycles. The first-order valence-electron chi connectivity index (χ1n) is 6.77. The van der Waals surface area contributed by atoms with Gasteiger partial charge in [-0.05, 0) is 22.1 Å². The number of fused-ring (bicyclic) bond motifs is 3. The summed E-state index contributed by atoms with van der Waals surface area (Å²) in [6.07, 6.45) is 0. The second-order valence-corrected chi connectivity index (χ2v) is 5.24. The van der Waals surface area contributed by atoms with E-state index in [4.69, 9.17) is 11.6 Å². The summed E-state index contributed by atoms with van der Waals surface area (Å²) in [7, 11) is 0. The number of nitrogens with zero attached hydrogens (tertiary/aromatic N) is 5. The molecule has 0 fully saturated rings. The number of nitrogens with one attached hydrogen (secondary N) is 1. The Bertz CT molecular complexity index is 964. The van der Waals surface area contributed by atoms with Gasteiger partial charge in [0, 0.05) is 22.3 Å². The molecule has 0 atom stereocenters. The lowest BCUT2D eigenvalue weighted by Gasteiger charge is -2.10. The number of aromatic nitrogens is 5. The van der Waals surface area contributed by atoms with Crippen molar-refractivity contribution in [1.82, 2.24) is 25.3 Å². The van der Waals surface area contributed by atoms with E-state index in [2.05, 4.69) is 25.9 Å². The van der Waals surface area contributed by atoms with Crippen LogP contribution in [0.2, 0.25) is 5.02 Å². The maximum Gasteiger partial charge on any atom is 0.207 e. The van der Waals surface area contributed by atoms with Crippen molar-refractivity contribution in [2.45, 2.75) is 6.54 Å².